The van der Waals surface area contributed by atoms with Gasteiger partial charge in [0.1, 0.15) is 5.75 Å². The number of halogens is 25. The van der Waals surface area contributed by atoms with Gasteiger partial charge in [0.05, 0.1) is 0 Å². The van der Waals surface area contributed by atoms with E-state index in [4.69, 9.17) is 0 Å². The van der Waals surface area contributed by atoms with Crippen LogP contribution in [0.15, 0.2) is 36.7 Å². The first-order chi connectivity index (χ1) is 26.1. The lowest BCUT2D eigenvalue weighted by atomic mass is 9.98. The molecule has 7 nitrogen and oxygen atoms in total. The summed E-state index contributed by atoms with van der Waals surface area (Å²) in [6.45, 7) is -1.31. The average Bonchev–Trinajstić information content (AvgIpc) is 3.04. The van der Waals surface area contributed by atoms with Gasteiger partial charge in [-0.15, -0.1) is 13.2 Å². The summed E-state index contributed by atoms with van der Waals surface area (Å²) in [5.74, 6) is -33.0. The smallest absolute Gasteiger partial charge is 0.487 e. The number of aromatic nitrogens is 2. The third-order valence-electron chi connectivity index (χ3n) is 6.71. The van der Waals surface area contributed by atoms with Crippen LogP contribution in [-0.2, 0) is 25.4 Å². The number of nitrogens with zero attached hydrogens (tertiary/aromatic N) is 2. The molecule has 2 rings (SSSR count). The Morgan fingerprint density at radius 1 is 0.492 bits per heavy atom. The van der Waals surface area contributed by atoms with E-state index in [1.54, 1.807) is 0 Å². The molecule has 32 heteroatoms. The lowest BCUT2D eigenvalue weighted by Gasteiger charge is -2.40. The molecular weight excluding hydrogens is 907 g/mol. The molecule has 0 saturated heterocycles. The van der Waals surface area contributed by atoms with Crippen LogP contribution in [0.25, 0.3) is 11.4 Å². The van der Waals surface area contributed by atoms with E-state index >= 15 is 0 Å². The number of aryl methyl sites for hydroxylation is 1. The first-order valence-electron chi connectivity index (χ1n) is 14.6. The van der Waals surface area contributed by atoms with E-state index in [-0.39, 0.29) is 11.4 Å². The molecule has 1 atom stereocenters. The van der Waals surface area contributed by atoms with E-state index in [0.29, 0.717) is 24.1 Å². The molecule has 2 aromatic rings. The number of benzene rings is 1. The zero-order chi connectivity index (χ0) is 46.3. The zero-order valence-corrected chi connectivity index (χ0v) is 27.7. The molecule has 1 aromatic carbocycles. The maximum Gasteiger partial charge on any atom is 0.527 e. The summed E-state index contributed by atoms with van der Waals surface area (Å²) in [7, 11) is 0. The van der Waals surface area contributed by atoms with Crippen molar-refractivity contribution in [2.45, 2.75) is 99.0 Å². The molecule has 340 valence electrons. The van der Waals surface area contributed by atoms with E-state index in [1.165, 1.54) is 31.3 Å². The van der Waals surface area contributed by atoms with E-state index in [9.17, 15) is 110 Å². The summed E-state index contributed by atoms with van der Waals surface area (Å²) in [5.41, 5.74) is 0.725. The first-order valence-corrected chi connectivity index (χ1v) is 14.6. The molecule has 1 unspecified atom stereocenters. The topological polar surface area (TPSA) is 71.9 Å². The summed E-state index contributed by atoms with van der Waals surface area (Å²) < 4.78 is 347. The fourth-order valence-corrected chi connectivity index (χ4v) is 3.67. The van der Waals surface area contributed by atoms with Gasteiger partial charge in [0.15, 0.2) is 12.4 Å². The van der Waals surface area contributed by atoms with E-state index in [1.807, 2.05) is 6.92 Å². The molecule has 59 heavy (non-hydrogen) atoms. The monoisotopic (exact) mass is 924 g/mol. The molecular formula is C27H17F25N2O5. The molecule has 0 N–H and O–H groups in total. The highest BCUT2D eigenvalue weighted by Crippen LogP contribution is 2.59. The SMILES string of the molecule is CCCCc1cnc(-c2ccc(OCC(F)(F)C(F)(F)C(F)(F)C(F)(F)C(F)(F)OC(F)(F)C(F)(F)OC(F)(F)C(F)(OC(F)(F)F)OC(F)(F)C(F)(F)F)cc2)nc1. The molecule has 0 saturated carbocycles. The van der Waals surface area contributed by atoms with Gasteiger partial charge in [0, 0.05) is 18.0 Å². The Kier molecular flexibility index (Phi) is 14.1. The van der Waals surface area contributed by atoms with E-state index in [0.717, 1.165) is 25.0 Å². The molecule has 1 heterocycles. The Balaban J connectivity index is 2.36. The van der Waals surface area contributed by atoms with Gasteiger partial charge >= 0.3 is 72.8 Å². The Hall–Kier alpha value is -3.81. The molecule has 0 aliphatic heterocycles. The molecule has 0 aliphatic rings. The van der Waals surface area contributed by atoms with Gasteiger partial charge in [0.2, 0.25) is 0 Å². The number of hydrogen-bond acceptors (Lipinski definition) is 7. The van der Waals surface area contributed by atoms with Crippen molar-refractivity contribution in [2.75, 3.05) is 6.61 Å². The van der Waals surface area contributed by atoms with Crippen LogP contribution < -0.4 is 4.74 Å². The van der Waals surface area contributed by atoms with Gasteiger partial charge in [-0.25, -0.2) is 28.9 Å². The number of unbranched alkanes of at least 4 members (excludes halogenated alkanes) is 1. The Bertz CT molecular complexity index is 1700. The standard InChI is InChI=1S/C27H17F25N2O5/c1-2-3-4-12-9-53-15(54-10-12)13-5-7-14(8-6-13)55-11-16(28,29)17(30,31)18(32,33)19(34,35)21(39,40)56-23(43,44)24(45,46)57-25(47,48)26(49,59-27(50,51)52)58-22(41,42)20(36,37)38/h5-10H,2-4,11H2,1H3. The number of hydrogen-bond donors (Lipinski definition) is 0. The predicted molar refractivity (Wildman–Crippen MR) is 136 cm³/mol. The van der Waals surface area contributed by atoms with Gasteiger partial charge in [-0.2, -0.15) is 96.6 Å². The summed E-state index contributed by atoms with van der Waals surface area (Å²) in [4.78, 5) is 7.93. The highest BCUT2D eigenvalue weighted by Gasteiger charge is 2.89. The van der Waals surface area contributed by atoms with Crippen LogP contribution in [0.3, 0.4) is 0 Å². The van der Waals surface area contributed by atoms with E-state index < -0.39 is 85.2 Å². The number of ether oxygens (including phenoxy) is 5. The number of alkyl halides is 25. The van der Waals surface area contributed by atoms with Crippen LogP contribution in [0.4, 0.5) is 110 Å². The predicted octanol–water partition coefficient (Wildman–Crippen LogP) is 11.1. The molecule has 1 aromatic heterocycles. The Morgan fingerprint density at radius 3 is 1.37 bits per heavy atom. The summed E-state index contributed by atoms with van der Waals surface area (Å²) >= 11 is 0. The maximum absolute atomic E-state index is 14.3. The Morgan fingerprint density at radius 2 is 0.949 bits per heavy atom. The molecule has 0 aliphatic carbocycles. The van der Waals surface area contributed by atoms with E-state index in [2.05, 4.69) is 14.7 Å². The highest BCUT2D eigenvalue weighted by atomic mass is 19.4. The summed E-state index contributed by atoms with van der Waals surface area (Å²) in [6, 6.07) is -4.89. The molecule has 0 bridgehead atoms. The van der Waals surface area contributed by atoms with Crippen molar-refractivity contribution in [2.24, 2.45) is 0 Å². The molecule has 0 spiro atoms. The minimum Gasteiger partial charge on any atom is -0.487 e. The largest absolute Gasteiger partial charge is 0.527 e. The normalized spacial score (nSPS) is 16.0. The molecule has 0 amide bonds. The average molecular weight is 924 g/mol. The second kappa shape index (κ2) is 16.2. The zero-order valence-electron chi connectivity index (χ0n) is 27.7. The number of rotatable bonds is 20. The van der Waals surface area contributed by atoms with Crippen LogP contribution in [0.5, 0.6) is 5.75 Å². The molecule has 0 fully saturated rings. The minimum atomic E-state index is -8.68. The van der Waals surface area contributed by atoms with Gasteiger partial charge in [-0.05, 0) is 42.7 Å². The third-order valence-corrected chi connectivity index (χ3v) is 6.71. The van der Waals surface area contributed by atoms with Crippen LogP contribution in [-0.4, -0.2) is 89.4 Å². The second-order valence-electron chi connectivity index (χ2n) is 11.2. The fourth-order valence-electron chi connectivity index (χ4n) is 3.67. The lowest BCUT2D eigenvalue weighted by Crippen LogP contribution is -2.70. The van der Waals surface area contributed by atoms with Gasteiger partial charge in [-0.1, -0.05) is 13.3 Å². The van der Waals surface area contributed by atoms with Crippen molar-refractivity contribution in [3.05, 3.63) is 42.2 Å². The van der Waals surface area contributed by atoms with Crippen molar-refractivity contribution < 1.29 is 133 Å². The minimum absolute atomic E-state index is 0.0482. The van der Waals surface area contributed by atoms with Crippen molar-refractivity contribution >= 4 is 0 Å². The van der Waals surface area contributed by atoms with Crippen LogP contribution >= 0.6 is 0 Å². The van der Waals surface area contributed by atoms with Gasteiger partial charge in [-0.3, -0.25) is 0 Å². The van der Waals surface area contributed by atoms with Gasteiger partial charge in [0.25, 0.3) is 0 Å². The van der Waals surface area contributed by atoms with Gasteiger partial charge < -0.3 is 4.74 Å². The van der Waals surface area contributed by atoms with Crippen LogP contribution in [0.1, 0.15) is 25.3 Å². The fraction of sp³-hybridized carbons (Fsp3) is 0.630. The van der Waals surface area contributed by atoms with Crippen LogP contribution in [0, 0.1) is 0 Å². The first kappa shape index (κ1) is 51.3. The third kappa shape index (κ3) is 10.7. The summed E-state index contributed by atoms with van der Waals surface area (Å²) in [5, 5.41) is 0. The van der Waals surface area contributed by atoms with Crippen molar-refractivity contribution in [1.29, 1.82) is 0 Å². The quantitative estimate of drug-likeness (QED) is 0.0968. The van der Waals surface area contributed by atoms with Crippen LogP contribution in [0.2, 0.25) is 0 Å². The lowest BCUT2D eigenvalue weighted by molar-refractivity contribution is -0.610. The maximum atomic E-state index is 14.3. The van der Waals surface area contributed by atoms with Crippen molar-refractivity contribution in [3.63, 3.8) is 0 Å². The highest BCUT2D eigenvalue weighted by molar-refractivity contribution is 5.55. The summed E-state index contributed by atoms with van der Waals surface area (Å²) in [6.07, 6.45) is -51.5. The molecule has 0 radical (unpaired) electrons. The van der Waals surface area contributed by atoms with Crippen molar-refractivity contribution in [3.8, 4) is 17.1 Å². The second-order valence-corrected chi connectivity index (χ2v) is 11.2. The van der Waals surface area contributed by atoms with Crippen molar-refractivity contribution in [1.82, 2.24) is 9.97 Å². The Labute approximate surface area is 309 Å².